The van der Waals surface area contributed by atoms with Crippen LogP contribution in [0.1, 0.15) is 6.92 Å². The number of hydrazone groups is 1. The van der Waals surface area contributed by atoms with E-state index in [-0.39, 0.29) is 6.61 Å². The summed E-state index contributed by atoms with van der Waals surface area (Å²) in [5.41, 5.74) is 2.60. The molecule has 3 heteroatoms. The Morgan fingerprint density at radius 1 is 1.86 bits per heavy atom. The van der Waals surface area contributed by atoms with Gasteiger partial charge in [0.2, 0.25) is 0 Å². The van der Waals surface area contributed by atoms with E-state index >= 15 is 0 Å². The summed E-state index contributed by atoms with van der Waals surface area (Å²) in [6, 6.07) is 0. The number of nitrogens with zero attached hydrogens (tertiary/aromatic N) is 1. The molecule has 0 unspecified atom stereocenters. The third-order valence-corrected chi connectivity index (χ3v) is 0.444. The summed E-state index contributed by atoms with van der Waals surface area (Å²) in [7, 11) is 0. The Balaban J connectivity index is 2.69. The molecule has 3 nitrogen and oxygen atoms in total. The maximum Gasteiger partial charge on any atom is 0.0620 e. The van der Waals surface area contributed by atoms with Gasteiger partial charge in [0.25, 0.3) is 0 Å². The van der Waals surface area contributed by atoms with Crippen molar-refractivity contribution >= 4 is 6.21 Å². The van der Waals surface area contributed by atoms with Crippen LogP contribution in [0.2, 0.25) is 0 Å². The van der Waals surface area contributed by atoms with Crippen molar-refractivity contribution < 1.29 is 5.11 Å². The Morgan fingerprint density at radius 2 is 2.57 bits per heavy atom. The molecule has 0 aromatic heterocycles. The van der Waals surface area contributed by atoms with Gasteiger partial charge in [0.05, 0.1) is 13.2 Å². The number of rotatable bonds is 3. The van der Waals surface area contributed by atoms with Crippen molar-refractivity contribution in [2.75, 3.05) is 13.2 Å². The molecule has 0 aliphatic rings. The fraction of sp³-hybridized carbons (Fsp3) is 0.750. The maximum atomic E-state index is 8.16. The molecule has 0 atom stereocenters. The van der Waals surface area contributed by atoms with Crippen molar-refractivity contribution in [2.24, 2.45) is 5.10 Å². The fourth-order valence-corrected chi connectivity index (χ4v) is 0.206. The Kier molecular flexibility index (Phi) is 4.99. The molecular weight excluding hydrogens is 92.1 g/mol. The van der Waals surface area contributed by atoms with Crippen LogP contribution in [0.4, 0.5) is 0 Å². The molecular formula is C4H10N2O. The molecule has 0 aromatic carbocycles. The molecule has 0 heterocycles. The lowest BCUT2D eigenvalue weighted by atomic mass is 10.7. The first-order valence-corrected chi connectivity index (χ1v) is 2.23. The van der Waals surface area contributed by atoms with Crippen molar-refractivity contribution in [3.63, 3.8) is 0 Å². The quantitative estimate of drug-likeness (QED) is 0.288. The van der Waals surface area contributed by atoms with Gasteiger partial charge < -0.3 is 10.5 Å². The van der Waals surface area contributed by atoms with Crippen LogP contribution in [0.25, 0.3) is 0 Å². The smallest absolute Gasteiger partial charge is 0.0620 e. The number of nitrogens with one attached hydrogen (secondary N) is 1. The second-order valence-electron chi connectivity index (χ2n) is 1.02. The molecule has 0 fully saturated rings. The molecule has 0 aliphatic carbocycles. The van der Waals surface area contributed by atoms with E-state index in [9.17, 15) is 0 Å². The fourth-order valence-electron chi connectivity index (χ4n) is 0.206. The van der Waals surface area contributed by atoms with Crippen molar-refractivity contribution in [3.05, 3.63) is 0 Å². The first-order valence-electron chi connectivity index (χ1n) is 2.23. The van der Waals surface area contributed by atoms with Gasteiger partial charge in [-0.1, -0.05) is 0 Å². The van der Waals surface area contributed by atoms with Crippen molar-refractivity contribution in [2.45, 2.75) is 6.92 Å². The molecule has 0 aromatic rings. The van der Waals surface area contributed by atoms with Crippen molar-refractivity contribution in [3.8, 4) is 0 Å². The van der Waals surface area contributed by atoms with Crippen LogP contribution >= 0.6 is 0 Å². The molecule has 0 aliphatic heterocycles. The number of aliphatic hydroxyl groups excluding tert-OH is 1. The largest absolute Gasteiger partial charge is 0.394 e. The Labute approximate surface area is 43.0 Å². The first-order chi connectivity index (χ1) is 3.41. The lowest BCUT2D eigenvalue weighted by Gasteiger charge is -1.90. The van der Waals surface area contributed by atoms with Gasteiger partial charge in [-0.15, -0.1) is 0 Å². The van der Waals surface area contributed by atoms with Gasteiger partial charge in [0.1, 0.15) is 0 Å². The maximum absolute atomic E-state index is 8.16. The van der Waals surface area contributed by atoms with Gasteiger partial charge in [-0.3, -0.25) is 0 Å². The zero-order valence-electron chi connectivity index (χ0n) is 4.39. The third kappa shape index (κ3) is 5.43. The highest BCUT2D eigenvalue weighted by atomic mass is 16.3. The molecule has 42 valence electrons. The van der Waals surface area contributed by atoms with Crippen LogP contribution in [0, 0.1) is 0 Å². The minimum atomic E-state index is 0.136. The lowest BCUT2D eigenvalue weighted by molar-refractivity contribution is 0.294. The van der Waals surface area contributed by atoms with Gasteiger partial charge in [-0.25, -0.2) is 0 Å². The normalized spacial score (nSPS) is 10.0. The third-order valence-electron chi connectivity index (χ3n) is 0.444. The summed E-state index contributed by atoms with van der Waals surface area (Å²) in [4.78, 5) is 0. The zero-order chi connectivity index (χ0) is 5.54. The van der Waals surface area contributed by atoms with Gasteiger partial charge in [0, 0.05) is 6.21 Å². The van der Waals surface area contributed by atoms with E-state index in [1.54, 1.807) is 6.21 Å². The summed E-state index contributed by atoms with van der Waals surface area (Å²) < 4.78 is 0. The predicted octanol–water partition coefficient (Wildman–Crippen LogP) is -0.426. The van der Waals surface area contributed by atoms with Crippen LogP contribution in [-0.2, 0) is 0 Å². The van der Waals surface area contributed by atoms with Crippen molar-refractivity contribution in [1.29, 1.82) is 0 Å². The Morgan fingerprint density at radius 3 is 3.00 bits per heavy atom. The van der Waals surface area contributed by atoms with Crippen LogP contribution in [0.3, 0.4) is 0 Å². The van der Waals surface area contributed by atoms with Crippen molar-refractivity contribution in [1.82, 2.24) is 5.43 Å². The number of hydrogen-bond acceptors (Lipinski definition) is 3. The molecule has 0 spiro atoms. The Hall–Kier alpha value is -0.570. The molecule has 0 amide bonds. The molecule has 0 saturated heterocycles. The highest BCUT2D eigenvalue weighted by molar-refractivity contribution is 5.52. The highest BCUT2D eigenvalue weighted by Gasteiger charge is 1.70. The van der Waals surface area contributed by atoms with Gasteiger partial charge in [0.15, 0.2) is 0 Å². The molecule has 7 heavy (non-hydrogen) atoms. The standard InChI is InChI=1S/C4H10N2O/c1-2-5-6-3-4-7/h2,6-7H,3-4H2,1H3/b5-2+. The summed E-state index contributed by atoms with van der Waals surface area (Å²) >= 11 is 0. The van der Waals surface area contributed by atoms with Gasteiger partial charge in [-0.05, 0) is 6.92 Å². The topological polar surface area (TPSA) is 44.6 Å². The SMILES string of the molecule is C/C=N/NCCO. The summed E-state index contributed by atoms with van der Waals surface area (Å²) in [6.07, 6.45) is 1.63. The van der Waals surface area contributed by atoms with Crippen LogP contribution < -0.4 is 5.43 Å². The summed E-state index contributed by atoms with van der Waals surface area (Å²) in [5.74, 6) is 0. The van der Waals surface area contributed by atoms with E-state index in [2.05, 4.69) is 10.5 Å². The van der Waals surface area contributed by atoms with Crippen LogP contribution in [0.15, 0.2) is 5.10 Å². The summed E-state index contributed by atoms with van der Waals surface area (Å²) in [5, 5.41) is 11.8. The number of hydrogen-bond donors (Lipinski definition) is 2. The van der Waals surface area contributed by atoms with E-state index in [0.717, 1.165) is 0 Å². The monoisotopic (exact) mass is 102 g/mol. The second kappa shape index (κ2) is 5.43. The zero-order valence-corrected chi connectivity index (χ0v) is 4.39. The van der Waals surface area contributed by atoms with E-state index < -0.39 is 0 Å². The molecule has 0 bridgehead atoms. The molecule has 0 radical (unpaired) electrons. The van der Waals surface area contributed by atoms with Gasteiger partial charge >= 0.3 is 0 Å². The second-order valence-corrected chi connectivity index (χ2v) is 1.02. The van der Waals surface area contributed by atoms with E-state index in [4.69, 9.17) is 5.11 Å². The van der Waals surface area contributed by atoms with Gasteiger partial charge in [-0.2, -0.15) is 5.10 Å². The minimum absolute atomic E-state index is 0.136. The molecule has 2 N–H and O–H groups in total. The average molecular weight is 102 g/mol. The molecule has 0 rings (SSSR count). The lowest BCUT2D eigenvalue weighted by Crippen LogP contribution is -2.10. The molecule has 0 saturated carbocycles. The minimum Gasteiger partial charge on any atom is -0.394 e. The summed E-state index contributed by atoms with van der Waals surface area (Å²) in [6.45, 7) is 2.48. The van der Waals surface area contributed by atoms with Crippen LogP contribution in [-0.4, -0.2) is 24.5 Å². The van der Waals surface area contributed by atoms with E-state index in [1.807, 2.05) is 6.92 Å². The highest BCUT2D eigenvalue weighted by Crippen LogP contribution is 1.54. The predicted molar refractivity (Wildman–Crippen MR) is 29.3 cm³/mol. The number of aliphatic hydroxyl groups is 1. The van der Waals surface area contributed by atoms with Crippen LogP contribution in [0.5, 0.6) is 0 Å². The average Bonchev–Trinajstić information content (AvgIpc) is 1.69. The van der Waals surface area contributed by atoms with E-state index in [1.165, 1.54) is 0 Å². The van der Waals surface area contributed by atoms with E-state index in [0.29, 0.717) is 6.54 Å². The first kappa shape index (κ1) is 6.43. The Bertz CT molecular complexity index is 53.7.